The van der Waals surface area contributed by atoms with E-state index in [-0.39, 0.29) is 0 Å². The van der Waals surface area contributed by atoms with Crippen LogP contribution in [0.1, 0.15) is 18.9 Å². The van der Waals surface area contributed by atoms with Crippen molar-refractivity contribution in [3.8, 4) is 0 Å². The number of rotatable bonds is 8. The number of carbonyl (C=O) groups is 2. The summed E-state index contributed by atoms with van der Waals surface area (Å²) in [5.41, 5.74) is 7.21. The van der Waals surface area contributed by atoms with Gasteiger partial charge in [-0.25, -0.2) is 9.59 Å². The van der Waals surface area contributed by atoms with Gasteiger partial charge >= 0.3 is 12.0 Å². The molecule has 1 rings (SSSR count). The van der Waals surface area contributed by atoms with Crippen molar-refractivity contribution in [1.82, 2.24) is 10.6 Å². The van der Waals surface area contributed by atoms with Gasteiger partial charge in [-0.15, -0.1) is 0 Å². The van der Waals surface area contributed by atoms with Crippen LogP contribution in [0, 0.1) is 0 Å². The normalized spacial score (nSPS) is 11.5. The fourth-order valence-electron chi connectivity index (χ4n) is 1.75. The maximum atomic E-state index is 11.9. The van der Waals surface area contributed by atoms with Crippen LogP contribution in [0.2, 0.25) is 0 Å². The van der Waals surface area contributed by atoms with E-state index < -0.39 is 18.0 Å². The van der Waals surface area contributed by atoms with Gasteiger partial charge in [0, 0.05) is 12.2 Å². The lowest BCUT2D eigenvalue weighted by Crippen LogP contribution is -2.46. The van der Waals surface area contributed by atoms with E-state index in [1.165, 1.54) is 0 Å². The molecule has 0 radical (unpaired) electrons. The van der Waals surface area contributed by atoms with E-state index in [2.05, 4.69) is 10.6 Å². The number of nitrogen functional groups attached to an aromatic ring is 1. The first-order valence-corrected chi connectivity index (χ1v) is 8.50. The van der Waals surface area contributed by atoms with Crippen LogP contribution in [0.5, 0.6) is 0 Å². The number of carbonyl (C=O) groups excluding carboxylic acids is 2. The van der Waals surface area contributed by atoms with Crippen LogP contribution in [0.15, 0.2) is 24.3 Å². The highest BCUT2D eigenvalue weighted by atomic mass is 32.2. The maximum Gasteiger partial charge on any atom is 0.328 e. The van der Waals surface area contributed by atoms with Crippen molar-refractivity contribution in [3.05, 3.63) is 29.8 Å². The summed E-state index contributed by atoms with van der Waals surface area (Å²) in [5.74, 6) is 0.362. The molecule has 1 aromatic carbocycles. The van der Waals surface area contributed by atoms with E-state index in [1.54, 1.807) is 30.8 Å². The molecule has 0 aliphatic carbocycles. The van der Waals surface area contributed by atoms with Crippen molar-refractivity contribution in [3.63, 3.8) is 0 Å². The number of ether oxygens (including phenoxy) is 1. The number of esters is 1. The Morgan fingerprint density at radius 3 is 2.59 bits per heavy atom. The first kappa shape index (κ1) is 18.2. The molecule has 0 aliphatic heterocycles. The molecular weight excluding hydrogens is 302 g/mol. The van der Waals surface area contributed by atoms with Crippen molar-refractivity contribution in [2.45, 2.75) is 25.9 Å². The second-order valence-electron chi connectivity index (χ2n) is 4.65. The van der Waals surface area contributed by atoms with Crippen molar-refractivity contribution in [2.24, 2.45) is 0 Å². The Bertz CT molecular complexity index is 479. The molecule has 0 aliphatic rings. The Hall–Kier alpha value is -1.89. The van der Waals surface area contributed by atoms with Gasteiger partial charge in [-0.05, 0) is 43.0 Å². The number of anilines is 1. The van der Waals surface area contributed by atoms with E-state index in [0.717, 1.165) is 11.3 Å². The van der Waals surface area contributed by atoms with Crippen molar-refractivity contribution < 1.29 is 14.3 Å². The van der Waals surface area contributed by atoms with Crippen LogP contribution in [0.25, 0.3) is 0 Å². The zero-order valence-corrected chi connectivity index (χ0v) is 13.7. The average Bonchev–Trinajstić information content (AvgIpc) is 2.51. The zero-order valence-electron chi connectivity index (χ0n) is 12.9. The van der Waals surface area contributed by atoms with E-state index >= 15 is 0 Å². The second-order valence-corrected chi connectivity index (χ2v) is 5.64. The minimum absolute atomic E-state index is 0.295. The number of urea groups is 1. The summed E-state index contributed by atoms with van der Waals surface area (Å²) in [7, 11) is 0. The van der Waals surface area contributed by atoms with Gasteiger partial charge in [-0.2, -0.15) is 11.8 Å². The van der Waals surface area contributed by atoms with Gasteiger partial charge in [0.05, 0.1) is 6.61 Å². The molecule has 4 N–H and O–H groups in total. The highest BCUT2D eigenvalue weighted by Gasteiger charge is 2.21. The molecule has 0 saturated carbocycles. The predicted octanol–water partition coefficient (Wildman–Crippen LogP) is 1.75. The lowest BCUT2D eigenvalue weighted by molar-refractivity contribution is -0.145. The molecule has 22 heavy (non-hydrogen) atoms. The zero-order chi connectivity index (χ0) is 16.4. The van der Waals surface area contributed by atoms with Crippen molar-refractivity contribution in [2.75, 3.05) is 24.3 Å². The van der Waals surface area contributed by atoms with Gasteiger partial charge in [-0.3, -0.25) is 0 Å². The van der Waals surface area contributed by atoms with Crippen LogP contribution in [-0.4, -0.2) is 36.7 Å². The van der Waals surface area contributed by atoms with Crippen LogP contribution in [0.3, 0.4) is 0 Å². The van der Waals surface area contributed by atoms with Crippen LogP contribution >= 0.6 is 11.8 Å². The molecule has 2 amide bonds. The van der Waals surface area contributed by atoms with Gasteiger partial charge in [0.1, 0.15) is 6.04 Å². The van der Waals surface area contributed by atoms with Crippen LogP contribution in [0.4, 0.5) is 10.5 Å². The molecule has 0 fully saturated rings. The highest BCUT2D eigenvalue weighted by Crippen LogP contribution is 2.05. The lowest BCUT2D eigenvalue weighted by Gasteiger charge is -2.17. The topological polar surface area (TPSA) is 93.4 Å². The quantitative estimate of drug-likeness (QED) is 0.500. The Balaban J connectivity index is 2.47. The number of thioether (sulfide) groups is 1. The predicted molar refractivity (Wildman–Crippen MR) is 89.6 cm³/mol. The SMILES string of the molecule is CCOC(=O)C(CCSC)NC(=O)NCc1ccc(N)cc1. The van der Waals surface area contributed by atoms with Crippen molar-refractivity contribution in [1.29, 1.82) is 0 Å². The van der Waals surface area contributed by atoms with E-state index in [4.69, 9.17) is 10.5 Å². The third-order valence-electron chi connectivity index (χ3n) is 2.92. The minimum atomic E-state index is -0.626. The molecule has 0 aromatic heterocycles. The van der Waals surface area contributed by atoms with Crippen LogP contribution in [-0.2, 0) is 16.1 Å². The molecule has 0 bridgehead atoms. The standard InChI is InChI=1S/C15H23N3O3S/c1-3-21-14(19)13(8-9-22-2)18-15(20)17-10-11-4-6-12(16)7-5-11/h4-7,13H,3,8-10,16H2,1-2H3,(H2,17,18,20). The monoisotopic (exact) mass is 325 g/mol. The number of hydrogen-bond acceptors (Lipinski definition) is 5. The molecule has 1 unspecified atom stereocenters. The number of amides is 2. The third-order valence-corrected chi connectivity index (χ3v) is 3.56. The molecule has 0 heterocycles. The van der Waals surface area contributed by atoms with Gasteiger partial charge in [0.2, 0.25) is 0 Å². The number of nitrogens with one attached hydrogen (secondary N) is 2. The largest absolute Gasteiger partial charge is 0.464 e. The summed E-state index contributed by atoms with van der Waals surface area (Å²) in [6.45, 7) is 2.40. The molecule has 7 heteroatoms. The number of hydrogen-bond donors (Lipinski definition) is 3. The van der Waals surface area contributed by atoms with E-state index in [0.29, 0.717) is 25.3 Å². The summed E-state index contributed by atoms with van der Waals surface area (Å²) >= 11 is 1.61. The molecule has 1 aromatic rings. The Morgan fingerprint density at radius 1 is 1.32 bits per heavy atom. The molecule has 122 valence electrons. The van der Waals surface area contributed by atoms with Gasteiger partial charge in [0.25, 0.3) is 0 Å². The van der Waals surface area contributed by atoms with E-state index in [1.807, 2.05) is 18.4 Å². The highest BCUT2D eigenvalue weighted by molar-refractivity contribution is 7.98. The Morgan fingerprint density at radius 2 is 2.00 bits per heavy atom. The summed E-state index contributed by atoms with van der Waals surface area (Å²) in [6.07, 6.45) is 2.48. The fourth-order valence-corrected chi connectivity index (χ4v) is 2.23. The van der Waals surface area contributed by atoms with Gasteiger partial charge in [0.15, 0.2) is 0 Å². The first-order chi connectivity index (χ1) is 10.6. The van der Waals surface area contributed by atoms with E-state index in [9.17, 15) is 9.59 Å². The summed E-state index contributed by atoms with van der Waals surface area (Å²) in [6, 6.07) is 6.21. The summed E-state index contributed by atoms with van der Waals surface area (Å²) < 4.78 is 4.97. The molecular formula is C15H23N3O3S. The molecule has 1 atom stereocenters. The summed E-state index contributed by atoms with van der Waals surface area (Å²) in [5, 5.41) is 5.37. The van der Waals surface area contributed by atoms with Crippen molar-refractivity contribution >= 4 is 29.4 Å². The fraction of sp³-hybridized carbons (Fsp3) is 0.467. The molecule has 0 spiro atoms. The van der Waals surface area contributed by atoms with Gasteiger partial charge in [-0.1, -0.05) is 12.1 Å². The number of nitrogens with two attached hydrogens (primary N) is 1. The Labute approximate surface area is 135 Å². The third kappa shape index (κ3) is 6.71. The van der Waals surface area contributed by atoms with Crippen LogP contribution < -0.4 is 16.4 Å². The van der Waals surface area contributed by atoms with Gasteiger partial charge < -0.3 is 21.1 Å². The minimum Gasteiger partial charge on any atom is -0.464 e. The maximum absolute atomic E-state index is 11.9. The Kier molecular flexibility index (Phi) is 8.21. The number of benzene rings is 1. The molecule has 6 nitrogen and oxygen atoms in total. The average molecular weight is 325 g/mol. The first-order valence-electron chi connectivity index (χ1n) is 7.11. The molecule has 0 saturated heterocycles. The summed E-state index contributed by atoms with van der Waals surface area (Å²) in [4.78, 5) is 23.7. The smallest absolute Gasteiger partial charge is 0.328 e. The second kappa shape index (κ2) is 9.94. The lowest BCUT2D eigenvalue weighted by atomic mass is 10.2.